The third-order valence-electron chi connectivity index (χ3n) is 3.95. The molecule has 2 nitrogen and oxygen atoms in total. The van der Waals surface area contributed by atoms with Crippen LogP contribution in [0.25, 0.3) is 0 Å². The van der Waals surface area contributed by atoms with Crippen LogP contribution in [0.3, 0.4) is 0 Å². The number of rotatable bonds is 2. The number of hydrogen-bond donors (Lipinski definition) is 1. The molecule has 0 amide bonds. The lowest BCUT2D eigenvalue weighted by Crippen LogP contribution is -2.10. The van der Waals surface area contributed by atoms with Gasteiger partial charge in [0.2, 0.25) is 0 Å². The zero-order chi connectivity index (χ0) is 15.8. The van der Waals surface area contributed by atoms with E-state index in [2.05, 4.69) is 41.5 Å². The van der Waals surface area contributed by atoms with Crippen molar-refractivity contribution in [2.45, 2.75) is 47.0 Å². The molecule has 0 aromatic heterocycles. The lowest BCUT2D eigenvalue weighted by atomic mass is 9.87. The first-order valence-corrected chi connectivity index (χ1v) is 7.27. The Kier molecular flexibility index (Phi) is 3.99. The molecule has 2 heteroatoms. The number of phenols is 1. The van der Waals surface area contributed by atoms with Gasteiger partial charge >= 0.3 is 0 Å². The molecular weight excluding hydrogens is 260 g/mol. The van der Waals surface area contributed by atoms with E-state index < -0.39 is 0 Å². The first-order chi connectivity index (χ1) is 9.68. The highest BCUT2D eigenvalue weighted by molar-refractivity contribution is 5.48. The first-order valence-electron chi connectivity index (χ1n) is 7.27. The largest absolute Gasteiger partial charge is 0.504 e. The predicted octanol–water partition coefficient (Wildman–Crippen LogP) is 5.41. The van der Waals surface area contributed by atoms with Crippen molar-refractivity contribution in [1.29, 1.82) is 0 Å². The van der Waals surface area contributed by atoms with Crippen molar-refractivity contribution in [3.8, 4) is 17.2 Å². The minimum atomic E-state index is 0.0188. The minimum absolute atomic E-state index is 0.0188. The summed E-state index contributed by atoms with van der Waals surface area (Å²) >= 11 is 0. The van der Waals surface area contributed by atoms with E-state index >= 15 is 0 Å². The van der Waals surface area contributed by atoms with Crippen LogP contribution in [-0.2, 0) is 5.41 Å². The molecule has 0 aliphatic rings. The van der Waals surface area contributed by atoms with Crippen LogP contribution in [0, 0.1) is 20.8 Å². The van der Waals surface area contributed by atoms with Gasteiger partial charge in [-0.3, -0.25) is 0 Å². The van der Waals surface area contributed by atoms with E-state index in [-0.39, 0.29) is 11.2 Å². The van der Waals surface area contributed by atoms with Gasteiger partial charge in [0.05, 0.1) is 0 Å². The Bertz CT molecular complexity index is 641. The van der Waals surface area contributed by atoms with Crippen LogP contribution >= 0.6 is 0 Å². The lowest BCUT2D eigenvalue weighted by molar-refractivity contribution is 0.408. The number of aromatic hydroxyl groups is 1. The summed E-state index contributed by atoms with van der Waals surface area (Å²) < 4.78 is 5.91. The molecule has 0 radical (unpaired) electrons. The molecule has 0 fully saturated rings. The zero-order valence-electron chi connectivity index (χ0n) is 13.7. The van der Waals surface area contributed by atoms with E-state index in [1.54, 1.807) is 6.07 Å². The maximum absolute atomic E-state index is 10.0. The van der Waals surface area contributed by atoms with E-state index in [0.717, 1.165) is 11.3 Å². The molecule has 0 heterocycles. The van der Waals surface area contributed by atoms with Crippen LogP contribution in [-0.4, -0.2) is 5.11 Å². The average Bonchev–Trinajstić information content (AvgIpc) is 2.37. The predicted molar refractivity (Wildman–Crippen MR) is 87.5 cm³/mol. The summed E-state index contributed by atoms with van der Waals surface area (Å²) in [4.78, 5) is 0. The standard InChI is InChI=1S/C19H24O2/c1-12-9-16(10-13(2)14(12)3)21-18-11-15(19(4,5)6)7-8-17(18)20/h7-11,20H,1-6H3. The molecule has 0 spiro atoms. The molecule has 0 saturated carbocycles. The molecule has 0 bridgehead atoms. The van der Waals surface area contributed by atoms with Gasteiger partial charge in [-0.2, -0.15) is 0 Å². The monoisotopic (exact) mass is 284 g/mol. The van der Waals surface area contributed by atoms with Crippen LogP contribution in [0.2, 0.25) is 0 Å². The van der Waals surface area contributed by atoms with Crippen LogP contribution in [0.4, 0.5) is 0 Å². The van der Waals surface area contributed by atoms with Crippen molar-refractivity contribution in [3.05, 3.63) is 52.6 Å². The van der Waals surface area contributed by atoms with Crippen molar-refractivity contribution in [3.63, 3.8) is 0 Å². The summed E-state index contributed by atoms with van der Waals surface area (Å²) in [5.74, 6) is 1.43. The average molecular weight is 284 g/mol. The lowest BCUT2D eigenvalue weighted by Gasteiger charge is -2.20. The number of benzene rings is 2. The van der Waals surface area contributed by atoms with Gasteiger partial charge in [0.15, 0.2) is 11.5 Å². The molecule has 2 rings (SSSR count). The molecule has 0 aliphatic carbocycles. The van der Waals surface area contributed by atoms with Crippen molar-refractivity contribution in [2.24, 2.45) is 0 Å². The summed E-state index contributed by atoms with van der Waals surface area (Å²) in [7, 11) is 0. The van der Waals surface area contributed by atoms with Gasteiger partial charge in [-0.1, -0.05) is 26.8 Å². The Balaban J connectivity index is 2.40. The highest BCUT2D eigenvalue weighted by atomic mass is 16.5. The Morgan fingerprint density at radius 3 is 2.00 bits per heavy atom. The summed E-state index contributed by atoms with van der Waals surface area (Å²) in [6.07, 6.45) is 0. The first kappa shape index (κ1) is 15.4. The van der Waals surface area contributed by atoms with Gasteiger partial charge in [-0.05, 0) is 72.7 Å². The van der Waals surface area contributed by atoms with Gasteiger partial charge in [0.1, 0.15) is 5.75 Å². The molecular formula is C19H24O2. The topological polar surface area (TPSA) is 29.5 Å². The smallest absolute Gasteiger partial charge is 0.169 e. The van der Waals surface area contributed by atoms with E-state index in [9.17, 15) is 5.11 Å². The quantitative estimate of drug-likeness (QED) is 0.799. The highest BCUT2D eigenvalue weighted by Crippen LogP contribution is 2.36. The third-order valence-corrected chi connectivity index (χ3v) is 3.95. The van der Waals surface area contributed by atoms with Gasteiger partial charge in [-0.25, -0.2) is 0 Å². The van der Waals surface area contributed by atoms with Crippen LogP contribution in [0.15, 0.2) is 30.3 Å². The Morgan fingerprint density at radius 1 is 0.905 bits per heavy atom. The second-order valence-electron chi connectivity index (χ2n) is 6.72. The molecule has 0 aliphatic heterocycles. The number of aryl methyl sites for hydroxylation is 2. The van der Waals surface area contributed by atoms with E-state index in [1.807, 2.05) is 24.3 Å². The second kappa shape index (κ2) is 5.44. The molecule has 0 saturated heterocycles. The van der Waals surface area contributed by atoms with Gasteiger partial charge < -0.3 is 9.84 Å². The Labute approximate surface area is 127 Å². The van der Waals surface area contributed by atoms with E-state index in [4.69, 9.17) is 4.74 Å². The molecule has 112 valence electrons. The maximum Gasteiger partial charge on any atom is 0.169 e. The number of hydrogen-bond acceptors (Lipinski definition) is 2. The van der Waals surface area contributed by atoms with Crippen molar-refractivity contribution in [1.82, 2.24) is 0 Å². The second-order valence-corrected chi connectivity index (χ2v) is 6.72. The molecule has 2 aromatic rings. The SMILES string of the molecule is Cc1cc(Oc2cc(C(C)(C)C)ccc2O)cc(C)c1C. The van der Waals surface area contributed by atoms with E-state index in [0.29, 0.717) is 5.75 Å². The van der Waals surface area contributed by atoms with Crippen LogP contribution in [0.5, 0.6) is 17.2 Å². The molecule has 0 atom stereocenters. The fourth-order valence-corrected chi connectivity index (χ4v) is 2.24. The molecule has 21 heavy (non-hydrogen) atoms. The fraction of sp³-hybridized carbons (Fsp3) is 0.368. The summed E-state index contributed by atoms with van der Waals surface area (Å²) in [5.41, 5.74) is 4.81. The summed E-state index contributed by atoms with van der Waals surface area (Å²) in [6, 6.07) is 9.56. The summed E-state index contributed by atoms with van der Waals surface area (Å²) in [5, 5.41) is 10.0. The summed E-state index contributed by atoms with van der Waals surface area (Å²) in [6.45, 7) is 12.7. The molecule has 2 aromatic carbocycles. The van der Waals surface area contributed by atoms with Gasteiger partial charge in [0, 0.05) is 0 Å². The number of ether oxygens (including phenoxy) is 1. The maximum atomic E-state index is 10.0. The third kappa shape index (κ3) is 3.38. The van der Waals surface area contributed by atoms with Gasteiger partial charge in [-0.15, -0.1) is 0 Å². The molecule has 0 unspecified atom stereocenters. The minimum Gasteiger partial charge on any atom is -0.504 e. The Hall–Kier alpha value is -1.96. The van der Waals surface area contributed by atoms with Gasteiger partial charge in [0.25, 0.3) is 0 Å². The van der Waals surface area contributed by atoms with Crippen molar-refractivity contribution in [2.75, 3.05) is 0 Å². The van der Waals surface area contributed by atoms with Crippen molar-refractivity contribution >= 4 is 0 Å². The molecule has 1 N–H and O–H groups in total. The van der Waals surface area contributed by atoms with E-state index in [1.165, 1.54) is 16.7 Å². The van der Waals surface area contributed by atoms with Crippen molar-refractivity contribution < 1.29 is 9.84 Å². The Morgan fingerprint density at radius 2 is 1.48 bits per heavy atom. The zero-order valence-corrected chi connectivity index (χ0v) is 13.7. The van der Waals surface area contributed by atoms with Crippen LogP contribution in [0.1, 0.15) is 43.0 Å². The highest BCUT2D eigenvalue weighted by Gasteiger charge is 2.16. The van der Waals surface area contributed by atoms with Crippen LogP contribution < -0.4 is 4.74 Å². The fourth-order valence-electron chi connectivity index (χ4n) is 2.24. The number of phenolic OH excluding ortho intramolecular Hbond substituents is 1. The normalized spacial score (nSPS) is 11.5.